The third-order valence-electron chi connectivity index (χ3n) is 1.83. The first-order chi connectivity index (χ1) is 12.5. The first kappa shape index (κ1) is 39.1. The van der Waals surface area contributed by atoms with E-state index in [1.165, 1.54) is 36.4 Å². The van der Waals surface area contributed by atoms with Gasteiger partial charge in [-0.3, -0.25) is 11.3 Å². The second-order valence-electron chi connectivity index (χ2n) is 4.06. The average Bonchev–Trinajstić information content (AvgIpc) is 2.59. The van der Waals surface area contributed by atoms with Crippen LogP contribution in [0.5, 0.6) is 0 Å². The maximum absolute atomic E-state index is 8.11. The molecule has 14 heteroatoms. The van der Waals surface area contributed by atoms with Crippen molar-refractivity contribution in [3.63, 3.8) is 0 Å². The van der Waals surface area contributed by atoms with Crippen LogP contribution in [0.3, 0.4) is 0 Å². The molecule has 0 atom stereocenters. The van der Waals surface area contributed by atoms with Gasteiger partial charge in [-0.15, -0.1) is 15.3 Å². The minimum absolute atomic E-state index is 0.806. The molecule has 11 N–H and O–H groups in total. The third kappa shape index (κ3) is 274. The highest BCUT2D eigenvalue weighted by atomic mass is 16.6. The Hall–Kier alpha value is -2.09. The molecule has 0 amide bonds. The van der Waals surface area contributed by atoms with Gasteiger partial charge in [0.05, 0.1) is 0 Å². The zero-order valence-electron chi connectivity index (χ0n) is 16.1. The zero-order valence-corrected chi connectivity index (χ0v) is 16.1. The standard InChI is InChI=1S/2C5H14N2.C2H7N.HN3.2HNO2/c1-2-3-4-5-7-6;6-4-2-1-3-5-7;2*1-3-2;2*2-1-3/h7H,2-6H2,1H3;1-7H2;3H,1-2H3;1H;2*(H,2,3). The zero-order chi connectivity index (χ0) is 21.9. The van der Waals surface area contributed by atoms with Crippen molar-refractivity contribution >= 4 is 0 Å². The monoisotopic (exact) mass is 386 g/mol. The number of rotatable bonds is 8. The van der Waals surface area contributed by atoms with E-state index in [-0.39, 0.29) is 0 Å². The fourth-order valence-corrected chi connectivity index (χ4v) is 0.943. The first-order valence-corrected chi connectivity index (χ1v) is 7.85. The summed E-state index contributed by atoms with van der Waals surface area (Å²) >= 11 is 0. The molecule has 26 heavy (non-hydrogen) atoms. The highest BCUT2D eigenvalue weighted by molar-refractivity contribution is 4.41. The van der Waals surface area contributed by atoms with Crippen molar-refractivity contribution in [2.45, 2.75) is 45.4 Å². The largest absolute Gasteiger partial charge is 0.379 e. The fourth-order valence-electron chi connectivity index (χ4n) is 0.943. The van der Waals surface area contributed by atoms with Crippen LogP contribution in [0.15, 0.2) is 10.7 Å². The van der Waals surface area contributed by atoms with Crippen LogP contribution in [-0.4, -0.2) is 44.1 Å². The van der Waals surface area contributed by atoms with Crippen LogP contribution >= 0.6 is 0 Å². The third-order valence-corrected chi connectivity index (χ3v) is 1.83. The molecule has 0 spiro atoms. The number of nitrogens with two attached hydrogens (primary N) is 3. The lowest BCUT2D eigenvalue weighted by atomic mass is 10.2. The molecule has 160 valence electrons. The van der Waals surface area contributed by atoms with E-state index in [0.717, 1.165) is 32.5 Å². The van der Waals surface area contributed by atoms with Crippen molar-refractivity contribution in [3.8, 4) is 0 Å². The van der Waals surface area contributed by atoms with Crippen LogP contribution in [0.4, 0.5) is 0 Å². The van der Waals surface area contributed by atoms with E-state index in [1.54, 1.807) is 4.91 Å². The minimum atomic E-state index is 0.806. The summed E-state index contributed by atoms with van der Waals surface area (Å²) in [5.74, 6) is 5.02. The molecule has 0 aromatic heterocycles. The Morgan fingerprint density at radius 2 is 1.31 bits per heavy atom. The predicted octanol–water partition coefficient (Wildman–Crippen LogP) is 1.71. The molecule has 0 aliphatic heterocycles. The Morgan fingerprint density at radius 3 is 1.50 bits per heavy atom. The fraction of sp³-hybridized carbons (Fsp3) is 1.00. The van der Waals surface area contributed by atoms with Crippen LogP contribution in [0.25, 0.3) is 10.4 Å². The highest BCUT2D eigenvalue weighted by Gasteiger charge is 1.80. The molecule has 0 saturated heterocycles. The van der Waals surface area contributed by atoms with E-state index in [9.17, 15) is 0 Å². The Morgan fingerprint density at radius 1 is 1.00 bits per heavy atom. The minimum Gasteiger partial charge on any atom is -0.379 e. The molecule has 14 nitrogen and oxygen atoms in total. The molecule has 0 heterocycles. The summed E-state index contributed by atoms with van der Waals surface area (Å²) in [4.78, 5) is 18.0. The summed E-state index contributed by atoms with van der Waals surface area (Å²) in [6.45, 7) is 4.74. The second kappa shape index (κ2) is 77.5. The van der Waals surface area contributed by atoms with E-state index in [1.807, 2.05) is 14.1 Å². The van der Waals surface area contributed by atoms with E-state index in [4.69, 9.17) is 48.6 Å². The van der Waals surface area contributed by atoms with E-state index in [2.05, 4.69) is 17.7 Å². The van der Waals surface area contributed by atoms with Crippen molar-refractivity contribution in [3.05, 3.63) is 20.3 Å². The summed E-state index contributed by atoms with van der Waals surface area (Å²) in [6.07, 6.45) is 7.18. The Labute approximate surface area is 155 Å². The first-order valence-electron chi connectivity index (χ1n) is 7.85. The van der Waals surface area contributed by atoms with Crippen LogP contribution in [0, 0.1) is 15.3 Å². The number of nitrogens with zero attached hydrogens (tertiary/aromatic N) is 4. The lowest BCUT2D eigenvalue weighted by Crippen LogP contribution is -2.22. The van der Waals surface area contributed by atoms with Gasteiger partial charge >= 0.3 is 0 Å². The summed E-state index contributed by atoms with van der Waals surface area (Å²) in [6, 6.07) is 0. The molecule has 0 aromatic carbocycles. The van der Waals surface area contributed by atoms with Gasteiger partial charge in [0, 0.05) is 6.54 Å². The van der Waals surface area contributed by atoms with Gasteiger partial charge in [0.2, 0.25) is 0 Å². The molecule has 0 bridgehead atoms. The summed E-state index contributed by atoms with van der Waals surface area (Å²) in [5, 5.41) is 18.5. The molecule has 0 unspecified atom stereocenters. The van der Waals surface area contributed by atoms with Crippen molar-refractivity contribution in [1.82, 2.24) is 10.7 Å². The predicted molar refractivity (Wildman–Crippen MR) is 103 cm³/mol. The number of hydrogen-bond acceptors (Lipinski definition) is 10. The molecular formula is C12H38N10O4. The number of hydrogen-bond donors (Lipinski definition) is 8. The van der Waals surface area contributed by atoms with Crippen molar-refractivity contribution in [2.24, 2.45) is 28.0 Å². The van der Waals surface area contributed by atoms with Gasteiger partial charge < -0.3 is 27.2 Å². The Balaban J connectivity index is -0.0000000490. The van der Waals surface area contributed by atoms with Gasteiger partial charge in [-0.25, -0.2) is 0 Å². The molecule has 0 aromatic rings. The number of hydrazine groups is 1. The maximum Gasteiger partial charge on any atom is 0.152 e. The quantitative estimate of drug-likeness (QED) is 0.0572. The van der Waals surface area contributed by atoms with Gasteiger partial charge in [0.15, 0.2) is 10.7 Å². The Kier molecular flexibility index (Phi) is 117. The highest BCUT2D eigenvalue weighted by Crippen LogP contribution is 1.89. The van der Waals surface area contributed by atoms with Gasteiger partial charge in [-0.05, 0) is 56.9 Å². The van der Waals surface area contributed by atoms with Crippen LogP contribution < -0.4 is 28.1 Å². The molecule has 0 saturated carbocycles. The van der Waals surface area contributed by atoms with E-state index >= 15 is 0 Å². The molecule has 0 aliphatic rings. The van der Waals surface area contributed by atoms with E-state index < -0.39 is 0 Å². The topological polar surface area (TPSA) is 262 Å². The molecule has 0 aliphatic carbocycles. The lowest BCUT2D eigenvalue weighted by molar-refractivity contribution is 0.312. The van der Waals surface area contributed by atoms with Crippen LogP contribution in [-0.2, 0) is 0 Å². The van der Waals surface area contributed by atoms with Gasteiger partial charge in [0.1, 0.15) is 0 Å². The smallest absolute Gasteiger partial charge is 0.152 e. The van der Waals surface area contributed by atoms with Gasteiger partial charge in [-0.2, -0.15) is 0 Å². The summed E-state index contributed by atoms with van der Waals surface area (Å²) in [7, 11) is 3.75. The molecule has 0 fully saturated rings. The molecule has 0 rings (SSSR count). The summed E-state index contributed by atoms with van der Waals surface area (Å²) in [5.41, 5.74) is 25.3. The van der Waals surface area contributed by atoms with Crippen molar-refractivity contribution < 1.29 is 10.4 Å². The normalized spacial score (nSPS) is 7.00. The second-order valence-corrected chi connectivity index (χ2v) is 4.06. The average molecular weight is 387 g/mol. The van der Waals surface area contributed by atoms with Crippen molar-refractivity contribution in [1.29, 1.82) is 5.53 Å². The van der Waals surface area contributed by atoms with Gasteiger partial charge in [0.25, 0.3) is 0 Å². The maximum atomic E-state index is 8.11. The Bertz CT molecular complexity index is 208. The number of nitrogens with one attached hydrogen (secondary N) is 3. The summed E-state index contributed by atoms with van der Waals surface area (Å²) < 4.78 is 0. The van der Waals surface area contributed by atoms with Gasteiger partial charge in [-0.1, -0.05) is 26.2 Å². The molecule has 0 radical (unpaired) electrons. The number of unbranched alkanes of at least 4 members (excludes halogenated alkanes) is 4. The molecular weight excluding hydrogens is 348 g/mol. The van der Waals surface area contributed by atoms with E-state index in [0.29, 0.717) is 0 Å². The van der Waals surface area contributed by atoms with Crippen LogP contribution in [0.2, 0.25) is 0 Å². The SMILES string of the molecule is CCCCCNN.CNC.NCCCCCN.O=NO.O=NO.[N-]=[N+]=N. The van der Waals surface area contributed by atoms with Crippen LogP contribution in [0.1, 0.15) is 45.4 Å². The lowest BCUT2D eigenvalue weighted by Gasteiger charge is -1.93. The van der Waals surface area contributed by atoms with Crippen molar-refractivity contribution in [2.75, 3.05) is 33.7 Å².